The van der Waals surface area contributed by atoms with Gasteiger partial charge in [-0.05, 0) is 56.1 Å². The van der Waals surface area contributed by atoms with E-state index in [9.17, 15) is 14.7 Å². The predicted octanol–water partition coefficient (Wildman–Crippen LogP) is 7.40. The second-order valence-corrected chi connectivity index (χ2v) is 15.4. The number of carbonyl (C=O) groups excluding carboxylic acids is 1. The van der Waals surface area contributed by atoms with Crippen molar-refractivity contribution in [1.29, 1.82) is 0 Å². The number of halogens is 2. The van der Waals surface area contributed by atoms with Gasteiger partial charge in [0.1, 0.15) is 10.5 Å². The number of nitrogens with zero attached hydrogens (tertiary/aromatic N) is 5. The van der Waals surface area contributed by atoms with Gasteiger partial charge < -0.3 is 15.7 Å². The maximum Gasteiger partial charge on any atom is 0.306 e. The summed E-state index contributed by atoms with van der Waals surface area (Å²) in [7, 11) is 0. The number of rotatable bonds is 9. The Morgan fingerprint density at radius 1 is 0.922 bits per heavy atom. The number of pyridine rings is 2. The Bertz CT molecular complexity index is 2130. The van der Waals surface area contributed by atoms with Gasteiger partial charge in [0.25, 0.3) is 0 Å². The van der Waals surface area contributed by atoms with Gasteiger partial charge in [-0.3, -0.25) is 24.4 Å². The minimum atomic E-state index is -0.706. The monoisotopic (exact) mass is 741 g/mol. The van der Waals surface area contributed by atoms with Crippen molar-refractivity contribution in [3.8, 4) is 22.4 Å². The lowest BCUT2D eigenvalue weighted by Crippen LogP contribution is -2.41. The van der Waals surface area contributed by atoms with Crippen molar-refractivity contribution in [2.75, 3.05) is 31.5 Å². The van der Waals surface area contributed by atoms with Gasteiger partial charge in [0.05, 0.1) is 38.6 Å². The summed E-state index contributed by atoms with van der Waals surface area (Å²) in [4.78, 5) is 42.3. The zero-order valence-electron chi connectivity index (χ0n) is 27.9. The molecular formula is C38H37Cl2N7O3S. The summed E-state index contributed by atoms with van der Waals surface area (Å²) in [5.74, 6) is -0.205. The molecule has 0 bridgehead atoms. The van der Waals surface area contributed by atoms with E-state index in [1.165, 1.54) is 5.56 Å². The summed E-state index contributed by atoms with van der Waals surface area (Å²) in [6.07, 6.45) is 5.43. The van der Waals surface area contributed by atoms with Crippen LogP contribution in [0.25, 0.3) is 32.6 Å². The maximum atomic E-state index is 11.7. The molecular weight excluding hydrogens is 705 g/mol. The van der Waals surface area contributed by atoms with Crippen LogP contribution >= 0.6 is 34.5 Å². The Hall–Kier alpha value is -4.13. The number of likely N-dealkylation sites (tertiary alicyclic amines) is 1. The van der Waals surface area contributed by atoms with Crippen LogP contribution in [0.1, 0.15) is 41.9 Å². The summed E-state index contributed by atoms with van der Waals surface area (Å²) >= 11 is 15.9. The summed E-state index contributed by atoms with van der Waals surface area (Å²) in [6.45, 7) is 4.74. The number of aromatic nitrogens is 3. The number of benzene rings is 2. The maximum absolute atomic E-state index is 11.7. The lowest BCUT2D eigenvalue weighted by atomic mass is 9.97. The number of nitrogens with one attached hydrogen (secondary N) is 2. The van der Waals surface area contributed by atoms with E-state index in [2.05, 4.69) is 31.5 Å². The number of hydrogen-bond acceptors (Lipinski definition) is 9. The Morgan fingerprint density at radius 2 is 1.71 bits per heavy atom. The molecule has 0 aliphatic carbocycles. The van der Waals surface area contributed by atoms with Gasteiger partial charge in [-0.25, -0.2) is 9.97 Å². The zero-order chi connectivity index (χ0) is 35.1. The molecule has 51 heavy (non-hydrogen) atoms. The van der Waals surface area contributed by atoms with E-state index in [4.69, 9.17) is 33.2 Å². The number of hydrogen-bond donors (Lipinski definition) is 3. The molecule has 0 saturated carbocycles. The molecule has 2 fully saturated rings. The number of fused-ring (bicyclic) bond motifs is 2. The third-order valence-corrected chi connectivity index (χ3v) is 12.0. The SMILES string of the molecule is O=C1CC[C@@H](CN2CCc3nc(-c4cccc(-c5cccc(Nc6nccc7sc(CN8CCC(C(=O)O)CC8)nc67)c5Cl)c4Cl)ccc3C2)N1. The summed E-state index contributed by atoms with van der Waals surface area (Å²) in [5.41, 5.74) is 7.01. The fourth-order valence-electron chi connectivity index (χ4n) is 7.40. The van der Waals surface area contributed by atoms with E-state index in [0.717, 1.165) is 88.9 Å². The van der Waals surface area contributed by atoms with Crippen LogP contribution in [0.15, 0.2) is 60.8 Å². The van der Waals surface area contributed by atoms with Crippen LogP contribution in [-0.2, 0) is 29.1 Å². The Labute approximate surface area is 309 Å². The van der Waals surface area contributed by atoms with Crippen LogP contribution in [0.3, 0.4) is 0 Å². The normalized spacial score (nSPS) is 18.5. The minimum absolute atomic E-state index is 0.149. The largest absolute Gasteiger partial charge is 0.481 e. The average molecular weight is 743 g/mol. The molecule has 262 valence electrons. The molecule has 1 amide bonds. The molecule has 0 radical (unpaired) electrons. The summed E-state index contributed by atoms with van der Waals surface area (Å²) in [6, 6.07) is 18.1. The van der Waals surface area contributed by atoms with Crippen LogP contribution in [-0.4, -0.2) is 74.0 Å². The van der Waals surface area contributed by atoms with Crippen LogP contribution in [0.4, 0.5) is 11.5 Å². The van der Waals surface area contributed by atoms with Crippen molar-refractivity contribution in [2.24, 2.45) is 5.92 Å². The summed E-state index contributed by atoms with van der Waals surface area (Å²) < 4.78 is 1.01. The molecule has 2 saturated heterocycles. The molecule has 5 aromatic rings. The number of carbonyl (C=O) groups is 2. The third kappa shape index (κ3) is 7.18. The highest BCUT2D eigenvalue weighted by Crippen LogP contribution is 2.42. The number of carboxylic acid groups (broad SMARTS) is 1. The van der Waals surface area contributed by atoms with Crippen molar-refractivity contribution < 1.29 is 14.7 Å². The van der Waals surface area contributed by atoms with Crippen LogP contribution < -0.4 is 10.6 Å². The van der Waals surface area contributed by atoms with Gasteiger partial charge in [-0.2, -0.15) is 0 Å². The Kier molecular flexibility index (Phi) is 9.65. The first-order valence-corrected chi connectivity index (χ1v) is 18.9. The van der Waals surface area contributed by atoms with Crippen molar-refractivity contribution in [1.82, 2.24) is 30.1 Å². The lowest BCUT2D eigenvalue weighted by molar-refractivity contribution is -0.143. The van der Waals surface area contributed by atoms with Gasteiger partial charge in [0.15, 0.2) is 5.82 Å². The molecule has 13 heteroatoms. The second kappa shape index (κ2) is 14.5. The average Bonchev–Trinajstić information content (AvgIpc) is 3.74. The van der Waals surface area contributed by atoms with Gasteiger partial charge in [0.2, 0.25) is 5.91 Å². The molecule has 3 N–H and O–H groups in total. The number of amides is 1. The van der Waals surface area contributed by atoms with Crippen molar-refractivity contribution >= 4 is 68.1 Å². The predicted molar refractivity (Wildman–Crippen MR) is 202 cm³/mol. The first-order valence-electron chi connectivity index (χ1n) is 17.3. The van der Waals surface area contributed by atoms with Gasteiger partial charge in [-0.1, -0.05) is 59.6 Å². The van der Waals surface area contributed by atoms with E-state index < -0.39 is 5.97 Å². The van der Waals surface area contributed by atoms with Crippen LogP contribution in [0, 0.1) is 5.92 Å². The highest BCUT2D eigenvalue weighted by atomic mass is 35.5. The van der Waals surface area contributed by atoms with Crippen molar-refractivity contribution in [2.45, 2.75) is 51.2 Å². The Balaban J connectivity index is 1.00. The van der Waals surface area contributed by atoms with E-state index in [1.807, 2.05) is 48.5 Å². The third-order valence-electron chi connectivity index (χ3n) is 10.2. The molecule has 0 unspecified atom stereocenters. The van der Waals surface area contributed by atoms with Gasteiger partial charge in [-0.15, -0.1) is 11.3 Å². The standard InChI is InChI=1S/C38H37Cl2N7O3S/c39-34-25(3-1-5-27(34)29-9-7-23-19-47(18-14-28(23)43-29)20-24-8-10-32(48)42-24)26-4-2-6-30(35(26)40)44-37-36-31(11-15-41-37)51-33(45-36)21-46-16-12-22(13-17-46)38(49)50/h1-7,9,11,15,22,24H,8,10,12-14,16-21H2,(H,41,44)(H,42,48)(H,49,50)/t24-/m0/s1. The first-order chi connectivity index (χ1) is 24.8. The topological polar surface area (TPSA) is 124 Å². The fourth-order valence-corrected chi connectivity index (χ4v) is 9.00. The van der Waals surface area contributed by atoms with Crippen LogP contribution in [0.5, 0.6) is 0 Å². The molecule has 3 aromatic heterocycles. The molecule has 0 spiro atoms. The smallest absolute Gasteiger partial charge is 0.306 e. The molecule has 8 rings (SSSR count). The highest BCUT2D eigenvalue weighted by molar-refractivity contribution is 7.18. The zero-order valence-corrected chi connectivity index (χ0v) is 30.2. The van der Waals surface area contributed by atoms with Gasteiger partial charge in [0, 0.05) is 67.1 Å². The summed E-state index contributed by atoms with van der Waals surface area (Å²) in [5, 5.41) is 17.9. The van der Waals surface area contributed by atoms with Gasteiger partial charge >= 0.3 is 5.97 Å². The number of piperidine rings is 1. The molecule has 10 nitrogen and oxygen atoms in total. The van der Waals surface area contributed by atoms with Crippen molar-refractivity contribution in [3.05, 3.63) is 87.1 Å². The highest BCUT2D eigenvalue weighted by Gasteiger charge is 2.27. The minimum Gasteiger partial charge on any atom is -0.481 e. The van der Waals surface area contributed by atoms with E-state index in [-0.39, 0.29) is 17.9 Å². The quantitative estimate of drug-likeness (QED) is 0.142. The van der Waals surface area contributed by atoms with E-state index >= 15 is 0 Å². The fraction of sp³-hybridized carbons (Fsp3) is 0.342. The molecule has 3 aliphatic heterocycles. The van der Waals surface area contributed by atoms with E-state index in [1.54, 1.807) is 17.5 Å². The number of aliphatic carboxylic acids is 1. The van der Waals surface area contributed by atoms with Crippen molar-refractivity contribution in [3.63, 3.8) is 0 Å². The molecule has 1 atom stereocenters. The Morgan fingerprint density at radius 3 is 2.49 bits per heavy atom. The molecule has 3 aliphatic rings. The number of carboxylic acids is 1. The van der Waals surface area contributed by atoms with Crippen LogP contribution in [0.2, 0.25) is 10.0 Å². The number of thiazole rings is 1. The lowest BCUT2D eigenvalue weighted by Gasteiger charge is -2.30. The van der Waals surface area contributed by atoms with E-state index in [0.29, 0.717) is 47.4 Å². The number of anilines is 2. The molecule has 2 aromatic carbocycles. The second-order valence-electron chi connectivity index (χ2n) is 13.6. The molecule has 6 heterocycles. The first kappa shape index (κ1) is 34.0.